The molecule has 4 rings (SSSR count). The molecule has 1 atom stereocenters. The predicted octanol–water partition coefficient (Wildman–Crippen LogP) is 2.59. The van der Waals surface area contributed by atoms with Crippen molar-refractivity contribution in [3.8, 4) is 0 Å². The zero-order valence-electron chi connectivity index (χ0n) is 14.9. The molecule has 6 nitrogen and oxygen atoms in total. The van der Waals surface area contributed by atoms with Gasteiger partial charge < -0.3 is 10.6 Å². The number of fused-ring (bicyclic) bond motifs is 1. The molecule has 25 heavy (non-hydrogen) atoms. The lowest BCUT2D eigenvalue weighted by Gasteiger charge is -2.24. The molecule has 134 valence electrons. The van der Waals surface area contributed by atoms with Crippen LogP contribution in [0.2, 0.25) is 0 Å². The van der Waals surface area contributed by atoms with E-state index >= 15 is 0 Å². The lowest BCUT2D eigenvalue weighted by atomic mass is 10.1. The molecule has 2 aliphatic rings. The van der Waals surface area contributed by atoms with Crippen molar-refractivity contribution in [3.05, 3.63) is 16.3 Å². The second-order valence-corrected chi connectivity index (χ2v) is 8.32. The molecule has 1 unspecified atom stereocenters. The number of nitrogens with one attached hydrogen (secondary N) is 2. The number of nitrogens with zero attached hydrogens (tertiary/aromatic N) is 3. The Kier molecular flexibility index (Phi) is 4.60. The number of thiophene rings is 1. The number of anilines is 1. The Morgan fingerprint density at radius 1 is 1.28 bits per heavy atom. The molecule has 4 heterocycles. The highest BCUT2D eigenvalue weighted by atomic mass is 32.1. The Balaban J connectivity index is 1.65. The second kappa shape index (κ2) is 6.88. The molecule has 2 aliphatic heterocycles. The number of rotatable bonds is 4. The van der Waals surface area contributed by atoms with Crippen molar-refractivity contribution in [2.75, 3.05) is 25.0 Å². The maximum atomic E-state index is 11.4. The quantitative estimate of drug-likeness (QED) is 0.878. The van der Waals surface area contributed by atoms with Gasteiger partial charge in [0.1, 0.15) is 16.5 Å². The van der Waals surface area contributed by atoms with E-state index in [1.807, 2.05) is 0 Å². The lowest BCUT2D eigenvalue weighted by molar-refractivity contribution is -0.122. The van der Waals surface area contributed by atoms with Crippen molar-refractivity contribution in [2.24, 2.45) is 0 Å². The summed E-state index contributed by atoms with van der Waals surface area (Å²) in [7, 11) is 0. The first-order chi connectivity index (χ1) is 12.1. The summed E-state index contributed by atoms with van der Waals surface area (Å²) in [5.41, 5.74) is 1.26. The average molecular weight is 359 g/mol. The number of piperidine rings is 1. The van der Waals surface area contributed by atoms with Crippen molar-refractivity contribution in [1.82, 2.24) is 20.2 Å². The summed E-state index contributed by atoms with van der Waals surface area (Å²) >= 11 is 1.75. The van der Waals surface area contributed by atoms with Gasteiger partial charge in [0.25, 0.3) is 0 Å². The van der Waals surface area contributed by atoms with Crippen molar-refractivity contribution in [2.45, 2.75) is 52.1 Å². The largest absolute Gasteiger partial charge is 0.365 e. The zero-order chi connectivity index (χ0) is 17.4. The summed E-state index contributed by atoms with van der Waals surface area (Å²) in [5.74, 6) is 1.98. The van der Waals surface area contributed by atoms with Crippen LogP contribution in [0.25, 0.3) is 10.2 Å². The topological polar surface area (TPSA) is 70.2 Å². The first-order valence-electron chi connectivity index (χ1n) is 9.12. The van der Waals surface area contributed by atoms with Gasteiger partial charge in [0.2, 0.25) is 5.91 Å². The Hall–Kier alpha value is -1.73. The first kappa shape index (κ1) is 16.7. The SMILES string of the molecule is Cc1sc2nc(CN3CCCC3)nc(NC3CCC(=O)NC3)c2c1C. The molecule has 0 radical (unpaired) electrons. The van der Waals surface area contributed by atoms with E-state index in [-0.39, 0.29) is 11.9 Å². The van der Waals surface area contributed by atoms with Crippen LogP contribution in [0.1, 0.15) is 41.9 Å². The normalized spacial score (nSPS) is 21.7. The molecule has 2 N–H and O–H groups in total. The van der Waals surface area contributed by atoms with E-state index in [4.69, 9.17) is 9.97 Å². The Labute approximate surface area is 152 Å². The molecule has 0 bridgehead atoms. The average Bonchev–Trinajstić information content (AvgIpc) is 3.18. The summed E-state index contributed by atoms with van der Waals surface area (Å²) in [6.45, 7) is 8.05. The zero-order valence-corrected chi connectivity index (χ0v) is 15.7. The van der Waals surface area contributed by atoms with Gasteiger partial charge in [-0.15, -0.1) is 11.3 Å². The van der Waals surface area contributed by atoms with Crippen LogP contribution < -0.4 is 10.6 Å². The lowest BCUT2D eigenvalue weighted by Crippen LogP contribution is -2.42. The van der Waals surface area contributed by atoms with E-state index in [1.165, 1.54) is 23.3 Å². The van der Waals surface area contributed by atoms with Gasteiger partial charge in [0, 0.05) is 23.9 Å². The third-order valence-corrected chi connectivity index (χ3v) is 6.35. The molecule has 1 amide bonds. The Bertz CT molecular complexity index is 786. The van der Waals surface area contributed by atoms with Crippen LogP contribution in [0, 0.1) is 13.8 Å². The molecule has 2 aromatic heterocycles. The number of amides is 1. The predicted molar refractivity (Wildman–Crippen MR) is 101 cm³/mol. The van der Waals surface area contributed by atoms with Crippen LogP contribution in [0.3, 0.4) is 0 Å². The molecular weight excluding hydrogens is 334 g/mol. The van der Waals surface area contributed by atoms with E-state index in [2.05, 4.69) is 29.4 Å². The van der Waals surface area contributed by atoms with E-state index in [0.29, 0.717) is 13.0 Å². The van der Waals surface area contributed by atoms with E-state index in [0.717, 1.165) is 47.9 Å². The van der Waals surface area contributed by atoms with Crippen molar-refractivity contribution in [1.29, 1.82) is 0 Å². The third kappa shape index (κ3) is 3.48. The van der Waals surface area contributed by atoms with Gasteiger partial charge in [-0.25, -0.2) is 9.97 Å². The summed E-state index contributed by atoms with van der Waals surface area (Å²) < 4.78 is 0. The smallest absolute Gasteiger partial charge is 0.220 e. The highest BCUT2D eigenvalue weighted by Gasteiger charge is 2.22. The molecular formula is C18H25N5OS. The third-order valence-electron chi connectivity index (χ3n) is 5.25. The van der Waals surface area contributed by atoms with Gasteiger partial charge in [0.05, 0.1) is 11.9 Å². The number of carbonyl (C=O) groups is 1. The van der Waals surface area contributed by atoms with Crippen molar-refractivity contribution < 1.29 is 4.79 Å². The number of aryl methyl sites for hydroxylation is 2. The minimum atomic E-state index is 0.142. The standard InChI is InChI=1S/C18H25N5OS/c1-11-12(2)25-18-16(11)17(20-13-5-6-15(24)19-9-13)21-14(22-18)10-23-7-3-4-8-23/h13H,3-10H2,1-2H3,(H,19,24)(H,20,21,22). The maximum Gasteiger partial charge on any atom is 0.220 e. The van der Waals surface area contributed by atoms with Gasteiger partial charge in [-0.3, -0.25) is 9.69 Å². The van der Waals surface area contributed by atoms with E-state index in [9.17, 15) is 4.79 Å². The number of hydrogen-bond donors (Lipinski definition) is 2. The van der Waals surface area contributed by atoms with Crippen LogP contribution in [0.5, 0.6) is 0 Å². The molecule has 0 aromatic carbocycles. The summed E-state index contributed by atoms with van der Waals surface area (Å²) in [6, 6.07) is 0.232. The fourth-order valence-corrected chi connectivity index (χ4v) is 4.71. The highest BCUT2D eigenvalue weighted by molar-refractivity contribution is 7.18. The minimum Gasteiger partial charge on any atom is -0.365 e. The van der Waals surface area contributed by atoms with Crippen LogP contribution >= 0.6 is 11.3 Å². The molecule has 7 heteroatoms. The molecule has 2 saturated heterocycles. The Morgan fingerprint density at radius 3 is 2.80 bits per heavy atom. The van der Waals surface area contributed by atoms with E-state index in [1.54, 1.807) is 11.3 Å². The van der Waals surface area contributed by atoms with Crippen molar-refractivity contribution in [3.63, 3.8) is 0 Å². The molecule has 0 spiro atoms. The summed E-state index contributed by atoms with van der Waals surface area (Å²) in [6.07, 6.45) is 3.97. The van der Waals surface area contributed by atoms with Crippen LogP contribution in [0.4, 0.5) is 5.82 Å². The minimum absolute atomic E-state index is 0.142. The summed E-state index contributed by atoms with van der Waals surface area (Å²) in [5, 5.41) is 7.67. The van der Waals surface area contributed by atoms with Crippen LogP contribution in [0.15, 0.2) is 0 Å². The second-order valence-electron chi connectivity index (χ2n) is 7.12. The van der Waals surface area contributed by atoms with Gasteiger partial charge >= 0.3 is 0 Å². The van der Waals surface area contributed by atoms with Gasteiger partial charge in [-0.1, -0.05) is 0 Å². The molecule has 2 aromatic rings. The number of aromatic nitrogens is 2. The molecule has 0 aliphatic carbocycles. The Morgan fingerprint density at radius 2 is 2.08 bits per heavy atom. The fraction of sp³-hybridized carbons (Fsp3) is 0.611. The number of carbonyl (C=O) groups excluding carboxylic acids is 1. The fourth-order valence-electron chi connectivity index (χ4n) is 3.66. The maximum absolute atomic E-state index is 11.4. The van der Waals surface area contributed by atoms with Gasteiger partial charge in [-0.2, -0.15) is 0 Å². The van der Waals surface area contributed by atoms with Crippen LogP contribution in [-0.4, -0.2) is 46.5 Å². The number of hydrogen-bond acceptors (Lipinski definition) is 6. The molecule has 0 saturated carbocycles. The van der Waals surface area contributed by atoms with E-state index < -0.39 is 0 Å². The molecule has 2 fully saturated rings. The van der Waals surface area contributed by atoms with Crippen molar-refractivity contribution >= 4 is 33.3 Å². The van der Waals surface area contributed by atoms with Gasteiger partial charge in [-0.05, 0) is 51.8 Å². The highest BCUT2D eigenvalue weighted by Crippen LogP contribution is 2.34. The monoisotopic (exact) mass is 359 g/mol. The number of likely N-dealkylation sites (tertiary alicyclic amines) is 1. The van der Waals surface area contributed by atoms with Gasteiger partial charge in [0.15, 0.2) is 0 Å². The summed E-state index contributed by atoms with van der Waals surface area (Å²) in [4.78, 5) is 25.9. The first-order valence-corrected chi connectivity index (χ1v) is 9.94. The van der Waals surface area contributed by atoms with Crippen LogP contribution in [-0.2, 0) is 11.3 Å².